The molecular weight excluding hydrogens is 542 g/mol. The van der Waals surface area contributed by atoms with E-state index < -0.39 is 5.41 Å². The van der Waals surface area contributed by atoms with Crippen molar-refractivity contribution >= 4 is 17.8 Å². The van der Waals surface area contributed by atoms with Crippen LogP contribution in [0, 0.1) is 0 Å². The molecule has 0 aliphatic heterocycles. The zero-order valence-electron chi connectivity index (χ0n) is 24.5. The molecule has 0 N–H and O–H groups in total. The molecule has 0 spiro atoms. The van der Waals surface area contributed by atoms with Gasteiger partial charge in [-0.05, 0) is 83.9 Å². The number of allylic oxidation sites excluding steroid dienone is 3. The molecule has 5 rings (SSSR count). The van der Waals surface area contributed by atoms with Crippen LogP contribution >= 0.6 is 0 Å². The second-order valence-corrected chi connectivity index (χ2v) is 10.9. The molecule has 0 aromatic heterocycles. The summed E-state index contributed by atoms with van der Waals surface area (Å²) in [5.74, 6) is 0.594. The van der Waals surface area contributed by atoms with E-state index in [1.54, 1.807) is 24.3 Å². The molecular formula is C36H37NO6. The minimum absolute atomic E-state index is 0.284. The zero-order valence-corrected chi connectivity index (χ0v) is 24.5. The molecule has 0 saturated heterocycles. The summed E-state index contributed by atoms with van der Waals surface area (Å²) in [6.45, 7) is 2.09. The first-order valence-corrected chi connectivity index (χ1v) is 14.8. The number of hydrogen-bond acceptors (Lipinski definition) is 7. The molecule has 7 heteroatoms. The summed E-state index contributed by atoms with van der Waals surface area (Å²) in [7, 11) is 0. The summed E-state index contributed by atoms with van der Waals surface area (Å²) in [6, 6.07) is 24.2. The summed E-state index contributed by atoms with van der Waals surface area (Å²) < 4.78 is 17.3. The fourth-order valence-electron chi connectivity index (χ4n) is 5.48. The molecule has 2 aliphatic carbocycles. The standard InChI is InChI=1S/C36H37NO6/c1-27(38)42-32-21-17-31(18-22-32)36(23-9-4-10-24-36)35(39)43-33-19-15-30(16-20-33)34(40-25-28-11-5-2-6-12-28)37-41-26-29-13-7-3-8-14-29/h2-3,5,7-8,11,13-22H,4,6,9-10,12,23-26H2,1H3/b37-34+. The highest BCUT2D eigenvalue weighted by atomic mass is 16.6. The number of hydrogen-bond donors (Lipinski definition) is 0. The van der Waals surface area contributed by atoms with Crippen molar-refractivity contribution in [3.63, 3.8) is 0 Å². The molecule has 0 radical (unpaired) electrons. The number of nitrogens with zero attached hydrogens (tertiary/aromatic N) is 1. The summed E-state index contributed by atoms with van der Waals surface area (Å²) in [6.07, 6.45) is 12.5. The van der Waals surface area contributed by atoms with Gasteiger partial charge in [0.1, 0.15) is 24.7 Å². The molecule has 2 aliphatic rings. The normalized spacial score (nSPS) is 16.1. The summed E-state index contributed by atoms with van der Waals surface area (Å²) >= 11 is 0. The van der Waals surface area contributed by atoms with E-state index in [0.717, 1.165) is 43.2 Å². The van der Waals surface area contributed by atoms with Crippen LogP contribution in [0.1, 0.15) is 68.6 Å². The molecule has 43 heavy (non-hydrogen) atoms. The lowest BCUT2D eigenvalue weighted by Crippen LogP contribution is -2.41. The van der Waals surface area contributed by atoms with Gasteiger partial charge in [0.25, 0.3) is 5.90 Å². The van der Waals surface area contributed by atoms with E-state index in [9.17, 15) is 9.59 Å². The molecule has 0 atom stereocenters. The lowest BCUT2D eigenvalue weighted by Gasteiger charge is -2.35. The maximum Gasteiger partial charge on any atom is 0.321 e. The average Bonchev–Trinajstić information content (AvgIpc) is 3.04. The van der Waals surface area contributed by atoms with Gasteiger partial charge in [-0.25, -0.2) is 0 Å². The van der Waals surface area contributed by atoms with Crippen LogP contribution in [0.4, 0.5) is 0 Å². The van der Waals surface area contributed by atoms with Crippen LogP contribution in [0.5, 0.6) is 11.5 Å². The van der Waals surface area contributed by atoms with E-state index in [-0.39, 0.29) is 11.9 Å². The van der Waals surface area contributed by atoms with Crippen LogP contribution in [0.15, 0.2) is 108 Å². The monoisotopic (exact) mass is 579 g/mol. The first kappa shape index (κ1) is 29.8. The van der Waals surface area contributed by atoms with Crippen molar-refractivity contribution in [2.75, 3.05) is 6.61 Å². The fraction of sp³-hybridized carbons (Fsp3) is 0.306. The molecule has 0 heterocycles. The van der Waals surface area contributed by atoms with Crippen LogP contribution in [-0.4, -0.2) is 24.4 Å². The molecule has 3 aromatic carbocycles. The first-order chi connectivity index (χ1) is 21.0. The van der Waals surface area contributed by atoms with Gasteiger partial charge in [0.15, 0.2) is 0 Å². The van der Waals surface area contributed by atoms with Gasteiger partial charge < -0.3 is 19.0 Å². The molecule has 0 bridgehead atoms. The third-order valence-electron chi connectivity index (χ3n) is 7.79. The zero-order chi connectivity index (χ0) is 29.9. The number of carbonyl (C=O) groups is 2. The van der Waals surface area contributed by atoms with Crippen molar-refractivity contribution < 1.29 is 28.6 Å². The van der Waals surface area contributed by atoms with E-state index >= 15 is 0 Å². The molecule has 7 nitrogen and oxygen atoms in total. The van der Waals surface area contributed by atoms with Gasteiger partial charge in [0.05, 0.1) is 5.41 Å². The Morgan fingerprint density at radius 2 is 1.51 bits per heavy atom. The Morgan fingerprint density at radius 3 is 2.19 bits per heavy atom. The Hall–Kier alpha value is -4.65. The highest BCUT2D eigenvalue weighted by Crippen LogP contribution is 2.41. The smallest absolute Gasteiger partial charge is 0.321 e. The molecule has 1 saturated carbocycles. The third-order valence-corrected chi connectivity index (χ3v) is 7.79. The lowest BCUT2D eigenvalue weighted by atomic mass is 9.69. The summed E-state index contributed by atoms with van der Waals surface area (Å²) in [5, 5.41) is 4.32. The average molecular weight is 580 g/mol. The van der Waals surface area contributed by atoms with E-state index in [0.29, 0.717) is 49.0 Å². The van der Waals surface area contributed by atoms with Crippen LogP contribution in [-0.2, 0) is 31.2 Å². The van der Waals surface area contributed by atoms with Crippen molar-refractivity contribution in [3.8, 4) is 11.5 Å². The topological polar surface area (TPSA) is 83.4 Å². The van der Waals surface area contributed by atoms with Gasteiger partial charge in [-0.3, -0.25) is 9.59 Å². The molecule has 3 aromatic rings. The minimum atomic E-state index is -0.755. The Morgan fingerprint density at radius 1 is 0.814 bits per heavy atom. The van der Waals surface area contributed by atoms with Gasteiger partial charge in [0, 0.05) is 12.5 Å². The SMILES string of the molecule is CC(=O)Oc1ccc(C2(C(=O)Oc3ccc(/C(=N\OCc4ccccc4)OCC4=CC=CCC4)cc3)CCCCC2)cc1. The number of esters is 2. The second kappa shape index (κ2) is 14.5. The first-order valence-electron chi connectivity index (χ1n) is 14.8. The molecule has 1 fully saturated rings. The van der Waals surface area contributed by atoms with Crippen LogP contribution in [0.25, 0.3) is 0 Å². The maximum absolute atomic E-state index is 13.7. The summed E-state index contributed by atoms with van der Waals surface area (Å²) in [4.78, 5) is 30.7. The Balaban J connectivity index is 1.30. The number of carbonyl (C=O) groups excluding carboxylic acids is 2. The van der Waals surface area contributed by atoms with Crippen molar-refractivity contribution in [2.45, 2.75) is 63.9 Å². The largest absolute Gasteiger partial charge is 0.471 e. The molecule has 0 unspecified atom stereocenters. The summed E-state index contributed by atoms with van der Waals surface area (Å²) in [5.41, 5.74) is 3.02. The maximum atomic E-state index is 13.7. The van der Waals surface area contributed by atoms with E-state index in [1.807, 2.05) is 60.7 Å². The quantitative estimate of drug-likeness (QED) is 0.0809. The number of rotatable bonds is 10. The van der Waals surface area contributed by atoms with Gasteiger partial charge in [-0.15, -0.1) is 0 Å². The second-order valence-electron chi connectivity index (χ2n) is 10.9. The van der Waals surface area contributed by atoms with E-state index in [1.165, 1.54) is 12.5 Å². The predicted octanol–water partition coefficient (Wildman–Crippen LogP) is 7.59. The highest BCUT2D eigenvalue weighted by Gasteiger charge is 2.43. The van der Waals surface area contributed by atoms with Crippen molar-refractivity contribution in [1.82, 2.24) is 0 Å². The lowest BCUT2D eigenvalue weighted by molar-refractivity contribution is -0.142. The number of ether oxygens (including phenoxy) is 3. The van der Waals surface area contributed by atoms with E-state index in [2.05, 4.69) is 17.3 Å². The molecule has 0 amide bonds. The highest BCUT2D eigenvalue weighted by molar-refractivity contribution is 5.94. The van der Waals surface area contributed by atoms with Gasteiger partial charge in [-0.2, -0.15) is 0 Å². The third kappa shape index (κ3) is 8.01. The minimum Gasteiger partial charge on any atom is -0.471 e. The van der Waals surface area contributed by atoms with Crippen molar-refractivity contribution in [3.05, 3.63) is 119 Å². The van der Waals surface area contributed by atoms with Crippen molar-refractivity contribution in [2.24, 2.45) is 5.16 Å². The Labute approximate surface area is 252 Å². The Bertz CT molecular complexity index is 1470. The molecule has 222 valence electrons. The number of oxime groups is 1. The van der Waals surface area contributed by atoms with Crippen LogP contribution in [0.3, 0.4) is 0 Å². The number of benzene rings is 3. The van der Waals surface area contributed by atoms with E-state index in [4.69, 9.17) is 19.0 Å². The Kier molecular flexibility index (Phi) is 10.1. The van der Waals surface area contributed by atoms with Crippen LogP contribution < -0.4 is 9.47 Å². The van der Waals surface area contributed by atoms with Gasteiger partial charge >= 0.3 is 11.9 Å². The van der Waals surface area contributed by atoms with Gasteiger partial charge in [-0.1, -0.05) is 80.0 Å². The fourth-order valence-corrected chi connectivity index (χ4v) is 5.48. The van der Waals surface area contributed by atoms with Crippen molar-refractivity contribution in [1.29, 1.82) is 0 Å². The van der Waals surface area contributed by atoms with Gasteiger partial charge in [0.2, 0.25) is 0 Å². The van der Waals surface area contributed by atoms with Crippen LogP contribution in [0.2, 0.25) is 0 Å². The predicted molar refractivity (Wildman–Crippen MR) is 165 cm³/mol.